The summed E-state index contributed by atoms with van der Waals surface area (Å²) in [7, 11) is 0. The van der Waals surface area contributed by atoms with E-state index < -0.39 is 0 Å². The summed E-state index contributed by atoms with van der Waals surface area (Å²) in [6.45, 7) is 4.15. The molecule has 0 radical (unpaired) electrons. The molecule has 0 atom stereocenters. The average molecular weight is 321 g/mol. The van der Waals surface area contributed by atoms with Gasteiger partial charge in [-0.3, -0.25) is 4.79 Å². The lowest BCUT2D eigenvalue weighted by molar-refractivity contribution is -0.116. The van der Waals surface area contributed by atoms with Crippen molar-refractivity contribution in [3.8, 4) is 5.69 Å². The van der Waals surface area contributed by atoms with Crippen molar-refractivity contribution < 1.29 is 4.79 Å². The van der Waals surface area contributed by atoms with Gasteiger partial charge in [-0.15, -0.1) is 5.10 Å². The van der Waals surface area contributed by atoms with E-state index in [0.29, 0.717) is 6.42 Å². The maximum absolute atomic E-state index is 12.1. The monoisotopic (exact) mass is 321 g/mol. The fourth-order valence-corrected chi connectivity index (χ4v) is 2.58. The van der Waals surface area contributed by atoms with E-state index in [9.17, 15) is 4.79 Å². The van der Waals surface area contributed by atoms with Crippen molar-refractivity contribution in [2.75, 3.05) is 5.32 Å². The van der Waals surface area contributed by atoms with E-state index in [1.807, 2.05) is 24.3 Å². The van der Waals surface area contributed by atoms with E-state index in [0.717, 1.165) is 17.8 Å². The third kappa shape index (κ3) is 3.84. The van der Waals surface area contributed by atoms with Crippen molar-refractivity contribution in [2.45, 2.75) is 26.7 Å². The number of carbonyl (C=O) groups excluding carboxylic acids is 1. The van der Waals surface area contributed by atoms with Gasteiger partial charge in [0.05, 0.1) is 5.69 Å². The van der Waals surface area contributed by atoms with E-state index in [-0.39, 0.29) is 5.91 Å². The fraction of sp³-hybridized carbons (Fsp3) is 0.222. The number of carbonyl (C=O) groups is 1. The van der Waals surface area contributed by atoms with E-state index in [1.165, 1.54) is 23.0 Å². The van der Waals surface area contributed by atoms with Crippen LogP contribution in [0.25, 0.3) is 5.69 Å². The molecule has 0 aliphatic carbocycles. The van der Waals surface area contributed by atoms with Crippen LogP contribution in [0, 0.1) is 13.8 Å². The molecule has 6 nitrogen and oxygen atoms in total. The Bertz CT molecular complexity index is 825. The molecule has 0 saturated heterocycles. The summed E-state index contributed by atoms with van der Waals surface area (Å²) < 4.78 is 1.56. The Morgan fingerprint density at radius 3 is 2.58 bits per heavy atom. The van der Waals surface area contributed by atoms with Gasteiger partial charge in [0.1, 0.15) is 6.33 Å². The first-order valence-electron chi connectivity index (χ1n) is 7.81. The Balaban J connectivity index is 1.56. The molecule has 2 aromatic carbocycles. The third-order valence-corrected chi connectivity index (χ3v) is 3.88. The number of hydrogen-bond acceptors (Lipinski definition) is 4. The maximum Gasteiger partial charge on any atom is 0.224 e. The number of nitrogens with one attached hydrogen (secondary N) is 1. The normalized spacial score (nSPS) is 10.6. The minimum atomic E-state index is 0.00477. The van der Waals surface area contributed by atoms with Crippen LogP contribution in [0.1, 0.15) is 23.1 Å². The molecule has 122 valence electrons. The molecule has 0 unspecified atom stereocenters. The summed E-state index contributed by atoms with van der Waals surface area (Å²) in [5, 5.41) is 13.9. The first kappa shape index (κ1) is 15.9. The van der Waals surface area contributed by atoms with E-state index in [4.69, 9.17) is 0 Å². The van der Waals surface area contributed by atoms with Crippen LogP contribution in [0.2, 0.25) is 0 Å². The lowest BCUT2D eigenvalue weighted by Crippen LogP contribution is -2.12. The molecule has 1 N–H and O–H groups in total. The number of amides is 1. The molecule has 0 fully saturated rings. The molecule has 1 aromatic heterocycles. The van der Waals surface area contributed by atoms with Gasteiger partial charge in [0.2, 0.25) is 5.91 Å². The van der Waals surface area contributed by atoms with Gasteiger partial charge in [-0.25, -0.2) is 4.68 Å². The van der Waals surface area contributed by atoms with Crippen LogP contribution < -0.4 is 5.32 Å². The SMILES string of the molecule is Cc1ccc(CCC(=O)Nc2ccc(-n3cnnn3)cc2)c(C)c1. The number of nitrogens with zero attached hydrogens (tertiary/aromatic N) is 4. The molecule has 24 heavy (non-hydrogen) atoms. The number of benzene rings is 2. The largest absolute Gasteiger partial charge is 0.326 e. The van der Waals surface area contributed by atoms with Crippen LogP contribution in [-0.4, -0.2) is 26.1 Å². The predicted octanol–water partition coefficient (Wildman–Crippen LogP) is 2.85. The van der Waals surface area contributed by atoms with Gasteiger partial charge in [0.25, 0.3) is 0 Å². The Hall–Kier alpha value is -3.02. The molecular weight excluding hydrogens is 302 g/mol. The number of hydrogen-bond donors (Lipinski definition) is 1. The number of aromatic nitrogens is 4. The summed E-state index contributed by atoms with van der Waals surface area (Å²) in [5.74, 6) is 0.00477. The summed E-state index contributed by atoms with van der Waals surface area (Å²) in [5.41, 5.74) is 5.28. The van der Waals surface area contributed by atoms with Crippen LogP contribution >= 0.6 is 0 Å². The Labute approximate surface area is 140 Å². The second-order valence-corrected chi connectivity index (χ2v) is 5.78. The van der Waals surface area contributed by atoms with Gasteiger partial charge >= 0.3 is 0 Å². The number of tetrazole rings is 1. The van der Waals surface area contributed by atoms with E-state index in [2.05, 4.69) is 52.9 Å². The van der Waals surface area contributed by atoms with Gasteiger partial charge in [-0.2, -0.15) is 0 Å². The predicted molar refractivity (Wildman–Crippen MR) is 92.0 cm³/mol. The van der Waals surface area contributed by atoms with Crippen LogP contribution in [0.5, 0.6) is 0 Å². The molecule has 1 amide bonds. The maximum atomic E-state index is 12.1. The Kier molecular flexibility index (Phi) is 4.65. The highest BCUT2D eigenvalue weighted by molar-refractivity contribution is 5.90. The lowest BCUT2D eigenvalue weighted by atomic mass is 10.0. The van der Waals surface area contributed by atoms with Crippen molar-refractivity contribution in [3.63, 3.8) is 0 Å². The van der Waals surface area contributed by atoms with Crippen LogP contribution in [0.3, 0.4) is 0 Å². The van der Waals surface area contributed by atoms with Gasteiger partial charge < -0.3 is 5.32 Å². The summed E-state index contributed by atoms with van der Waals surface area (Å²) in [6, 6.07) is 13.7. The third-order valence-electron chi connectivity index (χ3n) is 3.88. The van der Waals surface area contributed by atoms with Gasteiger partial charge in [-0.05, 0) is 66.1 Å². The first-order chi connectivity index (χ1) is 11.6. The van der Waals surface area contributed by atoms with Crippen molar-refractivity contribution in [1.29, 1.82) is 0 Å². The molecule has 3 rings (SSSR count). The topological polar surface area (TPSA) is 72.7 Å². The van der Waals surface area contributed by atoms with Crippen LogP contribution in [0.15, 0.2) is 48.8 Å². The smallest absolute Gasteiger partial charge is 0.224 e. The minimum Gasteiger partial charge on any atom is -0.326 e. The van der Waals surface area contributed by atoms with Crippen molar-refractivity contribution in [1.82, 2.24) is 20.2 Å². The number of aryl methyl sites for hydroxylation is 3. The highest BCUT2D eigenvalue weighted by Crippen LogP contribution is 2.15. The second-order valence-electron chi connectivity index (χ2n) is 5.78. The van der Waals surface area contributed by atoms with Gasteiger partial charge in [0.15, 0.2) is 0 Å². The van der Waals surface area contributed by atoms with Crippen molar-refractivity contribution in [2.24, 2.45) is 0 Å². The highest BCUT2D eigenvalue weighted by atomic mass is 16.1. The molecule has 0 spiro atoms. The zero-order chi connectivity index (χ0) is 16.9. The van der Waals surface area contributed by atoms with Crippen molar-refractivity contribution in [3.05, 3.63) is 65.5 Å². The van der Waals surface area contributed by atoms with Gasteiger partial charge in [-0.1, -0.05) is 23.8 Å². The molecule has 0 aliphatic rings. The Morgan fingerprint density at radius 1 is 1.12 bits per heavy atom. The molecule has 6 heteroatoms. The van der Waals surface area contributed by atoms with Crippen LogP contribution in [0.4, 0.5) is 5.69 Å². The fourth-order valence-electron chi connectivity index (χ4n) is 2.58. The molecule has 0 bridgehead atoms. The van der Waals surface area contributed by atoms with Crippen molar-refractivity contribution >= 4 is 11.6 Å². The summed E-state index contributed by atoms with van der Waals surface area (Å²) in [4.78, 5) is 12.1. The first-order valence-corrected chi connectivity index (χ1v) is 7.81. The number of rotatable bonds is 5. The Morgan fingerprint density at radius 2 is 1.92 bits per heavy atom. The molecule has 1 heterocycles. The summed E-state index contributed by atoms with van der Waals surface area (Å²) in [6.07, 6.45) is 2.72. The molecule has 0 aliphatic heterocycles. The molecular formula is C18H19N5O. The quantitative estimate of drug-likeness (QED) is 0.784. The lowest BCUT2D eigenvalue weighted by Gasteiger charge is -2.08. The second kappa shape index (κ2) is 7.04. The average Bonchev–Trinajstić information content (AvgIpc) is 3.09. The standard InChI is InChI=1S/C18H19N5O/c1-13-3-4-15(14(2)11-13)5-10-18(24)20-16-6-8-17(9-7-16)23-12-19-21-22-23/h3-4,6-9,11-12H,5,10H2,1-2H3,(H,20,24). The van der Waals surface area contributed by atoms with Gasteiger partial charge in [0, 0.05) is 12.1 Å². The highest BCUT2D eigenvalue weighted by Gasteiger charge is 2.06. The minimum absolute atomic E-state index is 0.00477. The van der Waals surface area contributed by atoms with E-state index in [1.54, 1.807) is 4.68 Å². The van der Waals surface area contributed by atoms with E-state index >= 15 is 0 Å². The molecule has 3 aromatic rings. The zero-order valence-electron chi connectivity index (χ0n) is 13.7. The molecule has 0 saturated carbocycles. The number of anilines is 1. The van der Waals surface area contributed by atoms with Crippen LogP contribution in [-0.2, 0) is 11.2 Å². The summed E-state index contributed by atoms with van der Waals surface area (Å²) >= 11 is 0. The zero-order valence-corrected chi connectivity index (χ0v) is 13.7.